The average molecular weight is 397 g/mol. The fourth-order valence-corrected chi connectivity index (χ4v) is 4.59. The highest BCUT2D eigenvalue weighted by Crippen LogP contribution is 2.40. The van der Waals surface area contributed by atoms with Gasteiger partial charge in [-0.05, 0) is 45.4 Å². The maximum Gasteiger partial charge on any atom is 0.330 e. The van der Waals surface area contributed by atoms with Crippen molar-refractivity contribution in [2.75, 3.05) is 6.61 Å². The molecule has 9 nitrogen and oxygen atoms in total. The molecule has 1 saturated heterocycles. The number of hydrogen-bond acceptors (Lipinski definition) is 6. The molecule has 28 heavy (non-hydrogen) atoms. The second-order valence-corrected chi connectivity index (χ2v) is 7.64. The highest BCUT2D eigenvalue weighted by molar-refractivity contribution is 5.88. The van der Waals surface area contributed by atoms with Gasteiger partial charge in [-0.1, -0.05) is 26.2 Å². The fraction of sp³-hybridized carbons (Fsp3) is 0.842. The van der Waals surface area contributed by atoms with Gasteiger partial charge < -0.3 is 14.7 Å². The van der Waals surface area contributed by atoms with Gasteiger partial charge in [-0.2, -0.15) is 0 Å². The Hall–Kier alpha value is -2.19. The second kappa shape index (κ2) is 9.84. The van der Waals surface area contributed by atoms with Gasteiger partial charge in [-0.3, -0.25) is 4.79 Å². The molecule has 2 rings (SSSR count). The van der Waals surface area contributed by atoms with E-state index in [0.29, 0.717) is 19.3 Å². The van der Waals surface area contributed by atoms with Gasteiger partial charge in [0.05, 0.1) is 11.9 Å². The standard InChI is InChI=1S/C19H31N3O6/c1-4-8-15(19(26)28-5-2)22(20-27)12(3)17(23)21-14-10-7-6-9-13(14)11-16(21)18(24)25/h12-16H,4-11H2,1-3H3,(H,24,25)/t12-,13-,14+,15+,16-/m0/s1. The van der Waals surface area contributed by atoms with E-state index >= 15 is 0 Å². The maximum atomic E-state index is 13.3. The van der Waals surface area contributed by atoms with Gasteiger partial charge >= 0.3 is 11.9 Å². The number of esters is 1. The number of likely N-dealkylation sites (tertiary alicyclic amines) is 1. The number of carboxylic acid groups (broad SMARTS) is 1. The molecular weight excluding hydrogens is 366 g/mol. The highest BCUT2D eigenvalue weighted by atomic mass is 16.5. The molecule has 0 aromatic carbocycles. The summed E-state index contributed by atoms with van der Waals surface area (Å²) in [4.78, 5) is 50.4. The van der Waals surface area contributed by atoms with Crippen LogP contribution >= 0.6 is 0 Å². The second-order valence-electron chi connectivity index (χ2n) is 7.64. The predicted molar refractivity (Wildman–Crippen MR) is 101 cm³/mol. The van der Waals surface area contributed by atoms with Crippen LogP contribution in [0.15, 0.2) is 5.29 Å². The summed E-state index contributed by atoms with van der Waals surface area (Å²) >= 11 is 0. The first-order valence-electron chi connectivity index (χ1n) is 10.2. The van der Waals surface area contributed by atoms with Crippen molar-refractivity contribution < 1.29 is 24.2 Å². The summed E-state index contributed by atoms with van der Waals surface area (Å²) in [5, 5.41) is 13.5. The lowest BCUT2D eigenvalue weighted by molar-refractivity contribution is -0.157. The Morgan fingerprint density at radius 3 is 2.50 bits per heavy atom. The number of nitroso groups, excluding NO2 is 1. The van der Waals surface area contributed by atoms with Crippen molar-refractivity contribution in [3.63, 3.8) is 0 Å². The van der Waals surface area contributed by atoms with Crippen LogP contribution in [0, 0.1) is 10.8 Å². The highest BCUT2D eigenvalue weighted by Gasteiger charge is 2.49. The number of aliphatic carboxylic acids is 1. The number of ether oxygens (including phenoxy) is 1. The molecule has 0 spiro atoms. The first-order chi connectivity index (χ1) is 13.4. The first kappa shape index (κ1) is 22.1. The molecule has 0 aromatic heterocycles. The average Bonchev–Trinajstić information content (AvgIpc) is 3.07. The van der Waals surface area contributed by atoms with E-state index in [4.69, 9.17) is 4.74 Å². The summed E-state index contributed by atoms with van der Waals surface area (Å²) in [5.74, 6) is -1.93. The van der Waals surface area contributed by atoms with Gasteiger partial charge in [0.2, 0.25) is 5.91 Å². The minimum atomic E-state index is -1.04. The van der Waals surface area contributed by atoms with E-state index < -0.39 is 36.0 Å². The summed E-state index contributed by atoms with van der Waals surface area (Å²) in [6.07, 6.45) is 5.00. The number of carbonyl (C=O) groups excluding carboxylic acids is 2. The summed E-state index contributed by atoms with van der Waals surface area (Å²) in [6, 6.07) is -3.04. The minimum absolute atomic E-state index is 0.134. The number of rotatable bonds is 9. The van der Waals surface area contributed by atoms with Crippen molar-refractivity contribution in [1.82, 2.24) is 9.91 Å². The zero-order valence-corrected chi connectivity index (χ0v) is 16.9. The Labute approximate surface area is 165 Å². The van der Waals surface area contributed by atoms with Crippen molar-refractivity contribution in [2.45, 2.75) is 89.9 Å². The van der Waals surface area contributed by atoms with E-state index in [1.807, 2.05) is 6.92 Å². The van der Waals surface area contributed by atoms with Crippen LogP contribution in [0.3, 0.4) is 0 Å². The Balaban J connectivity index is 2.26. The zero-order chi connectivity index (χ0) is 20.8. The molecule has 1 heterocycles. The van der Waals surface area contributed by atoms with Gasteiger partial charge in [-0.15, -0.1) is 4.91 Å². The van der Waals surface area contributed by atoms with E-state index in [2.05, 4.69) is 5.29 Å². The Kier molecular flexibility index (Phi) is 7.77. The molecule has 0 aromatic rings. The smallest absolute Gasteiger partial charge is 0.330 e. The van der Waals surface area contributed by atoms with Crippen molar-refractivity contribution in [3.8, 4) is 0 Å². The lowest BCUT2D eigenvalue weighted by Crippen LogP contribution is -2.55. The van der Waals surface area contributed by atoms with Crippen LogP contribution in [0.2, 0.25) is 0 Å². The van der Waals surface area contributed by atoms with E-state index in [1.165, 1.54) is 11.8 Å². The number of carboxylic acids is 1. The third-order valence-electron chi connectivity index (χ3n) is 5.92. The number of fused-ring (bicyclic) bond motifs is 1. The van der Waals surface area contributed by atoms with Gasteiger partial charge in [0.15, 0.2) is 0 Å². The van der Waals surface area contributed by atoms with Crippen LogP contribution in [0.5, 0.6) is 0 Å². The molecule has 1 N–H and O–H groups in total. The number of amides is 1. The Bertz CT molecular complexity index is 598. The number of hydrogen-bond donors (Lipinski definition) is 1. The van der Waals surface area contributed by atoms with Crippen LogP contribution < -0.4 is 0 Å². The lowest BCUT2D eigenvalue weighted by atomic mass is 9.84. The summed E-state index contributed by atoms with van der Waals surface area (Å²) in [5.41, 5.74) is 0. The van der Waals surface area contributed by atoms with Gasteiger partial charge in [-0.25, -0.2) is 14.6 Å². The van der Waals surface area contributed by atoms with Gasteiger partial charge in [0.25, 0.3) is 0 Å². The van der Waals surface area contributed by atoms with E-state index in [9.17, 15) is 24.4 Å². The first-order valence-corrected chi connectivity index (χ1v) is 10.2. The van der Waals surface area contributed by atoms with Crippen molar-refractivity contribution in [1.29, 1.82) is 0 Å². The quantitative estimate of drug-likeness (QED) is 0.360. The van der Waals surface area contributed by atoms with Crippen molar-refractivity contribution in [3.05, 3.63) is 4.91 Å². The molecule has 1 amide bonds. The van der Waals surface area contributed by atoms with Crippen molar-refractivity contribution >= 4 is 17.8 Å². The van der Waals surface area contributed by atoms with E-state index in [1.54, 1.807) is 6.92 Å². The Morgan fingerprint density at radius 2 is 1.93 bits per heavy atom. The molecule has 1 aliphatic carbocycles. The minimum Gasteiger partial charge on any atom is -0.480 e. The van der Waals surface area contributed by atoms with Gasteiger partial charge in [0, 0.05) is 6.04 Å². The largest absolute Gasteiger partial charge is 0.480 e. The maximum absolute atomic E-state index is 13.3. The SMILES string of the molecule is CCC[C@H](C(=O)OCC)N(N=O)[C@@H](C)C(=O)N1[C@@H]2CCCC[C@H]2C[C@H]1C(=O)O. The fourth-order valence-electron chi connectivity index (χ4n) is 4.59. The molecule has 2 fully saturated rings. The number of carbonyl (C=O) groups is 3. The lowest BCUT2D eigenvalue weighted by Gasteiger charge is -2.37. The topological polar surface area (TPSA) is 117 Å². The monoisotopic (exact) mass is 397 g/mol. The molecule has 5 atom stereocenters. The molecule has 1 aliphatic heterocycles. The molecule has 0 unspecified atom stereocenters. The van der Waals surface area contributed by atoms with Gasteiger partial charge in [0.1, 0.15) is 18.1 Å². The predicted octanol–water partition coefficient (Wildman–Crippen LogP) is 2.33. The Morgan fingerprint density at radius 1 is 1.25 bits per heavy atom. The van der Waals surface area contributed by atoms with Crippen LogP contribution in [0.25, 0.3) is 0 Å². The van der Waals surface area contributed by atoms with E-state index in [0.717, 1.165) is 30.7 Å². The third kappa shape index (κ3) is 4.44. The van der Waals surface area contributed by atoms with Crippen LogP contribution in [0.4, 0.5) is 0 Å². The van der Waals surface area contributed by atoms with Crippen LogP contribution in [-0.4, -0.2) is 63.6 Å². The molecule has 0 radical (unpaired) electrons. The van der Waals surface area contributed by atoms with E-state index in [-0.39, 0.29) is 18.6 Å². The summed E-state index contributed by atoms with van der Waals surface area (Å²) in [7, 11) is 0. The molecule has 1 saturated carbocycles. The molecule has 9 heteroatoms. The number of nitrogens with zero attached hydrogens (tertiary/aromatic N) is 3. The zero-order valence-electron chi connectivity index (χ0n) is 16.9. The summed E-state index contributed by atoms with van der Waals surface area (Å²) in [6.45, 7) is 5.18. The molecule has 0 bridgehead atoms. The molecule has 2 aliphatic rings. The van der Waals surface area contributed by atoms with Crippen LogP contribution in [-0.2, 0) is 19.1 Å². The third-order valence-corrected chi connectivity index (χ3v) is 5.92. The van der Waals surface area contributed by atoms with Crippen LogP contribution in [0.1, 0.15) is 65.7 Å². The normalized spacial score (nSPS) is 26.1. The summed E-state index contributed by atoms with van der Waals surface area (Å²) < 4.78 is 5.04. The molecule has 158 valence electrons. The van der Waals surface area contributed by atoms with Crippen molar-refractivity contribution in [2.24, 2.45) is 11.2 Å². The molecular formula is C19H31N3O6.